The zero-order chi connectivity index (χ0) is 11.3. The maximum Gasteiger partial charge on any atom is 0.115 e. The molecule has 15 heavy (non-hydrogen) atoms. The fourth-order valence-electron chi connectivity index (χ4n) is 1.00. The van der Waals surface area contributed by atoms with Crippen LogP contribution in [0.15, 0.2) is 23.4 Å². The molecule has 1 aromatic heterocycles. The van der Waals surface area contributed by atoms with E-state index in [9.17, 15) is 0 Å². The predicted molar refractivity (Wildman–Crippen MR) is 67.4 cm³/mol. The van der Waals surface area contributed by atoms with Gasteiger partial charge >= 0.3 is 0 Å². The minimum absolute atomic E-state index is 0.203. The lowest BCUT2D eigenvalue weighted by molar-refractivity contribution is 0.368. The number of hydrogen-bond acceptors (Lipinski definition) is 3. The van der Waals surface area contributed by atoms with Crippen molar-refractivity contribution in [3.8, 4) is 0 Å². The van der Waals surface area contributed by atoms with Crippen LogP contribution >= 0.6 is 23.4 Å². The predicted octanol–water partition coefficient (Wildman–Crippen LogP) is 3.20. The summed E-state index contributed by atoms with van der Waals surface area (Å²) in [6.07, 6.45) is 2.84. The zero-order valence-electron chi connectivity index (χ0n) is 9.16. The number of hydrogen-bond donors (Lipinski definition) is 1. The van der Waals surface area contributed by atoms with Gasteiger partial charge in [-0.1, -0.05) is 25.4 Å². The molecule has 84 valence electrons. The Hall–Kier alpha value is -0.250. The molecular formula is C11H17ClN2S. The van der Waals surface area contributed by atoms with E-state index < -0.39 is 0 Å². The second kappa shape index (κ2) is 5.73. The van der Waals surface area contributed by atoms with E-state index in [0.29, 0.717) is 6.54 Å². The van der Waals surface area contributed by atoms with E-state index in [1.807, 2.05) is 12.1 Å². The summed E-state index contributed by atoms with van der Waals surface area (Å²) in [6, 6.07) is 3.71. The standard InChI is InChI=1S/C11H17ClN2S/c1-11(2,8-13)5-7-15-10-9(12)4-3-6-14-10/h3-4,6H,5,7-8,13H2,1-2H3. The van der Waals surface area contributed by atoms with Crippen LogP contribution in [0, 0.1) is 5.41 Å². The second-order valence-electron chi connectivity index (χ2n) is 4.26. The monoisotopic (exact) mass is 244 g/mol. The minimum atomic E-state index is 0.203. The lowest BCUT2D eigenvalue weighted by Crippen LogP contribution is -2.24. The smallest absolute Gasteiger partial charge is 0.115 e. The Morgan fingerprint density at radius 1 is 1.53 bits per heavy atom. The van der Waals surface area contributed by atoms with Crippen molar-refractivity contribution in [2.24, 2.45) is 11.1 Å². The molecule has 0 saturated heterocycles. The Labute approximate surface area is 101 Å². The van der Waals surface area contributed by atoms with E-state index >= 15 is 0 Å². The third-order valence-electron chi connectivity index (χ3n) is 2.29. The first kappa shape index (κ1) is 12.8. The van der Waals surface area contributed by atoms with Crippen molar-refractivity contribution in [3.05, 3.63) is 23.4 Å². The van der Waals surface area contributed by atoms with Crippen LogP contribution in [0.2, 0.25) is 5.02 Å². The average molecular weight is 245 g/mol. The highest BCUT2D eigenvalue weighted by atomic mass is 35.5. The quantitative estimate of drug-likeness (QED) is 0.809. The second-order valence-corrected chi connectivity index (χ2v) is 5.75. The number of aromatic nitrogens is 1. The van der Waals surface area contributed by atoms with Crippen LogP contribution in [0.25, 0.3) is 0 Å². The Morgan fingerprint density at radius 2 is 2.27 bits per heavy atom. The molecule has 1 aromatic rings. The van der Waals surface area contributed by atoms with E-state index in [-0.39, 0.29) is 5.41 Å². The summed E-state index contributed by atoms with van der Waals surface area (Å²) in [5, 5.41) is 1.64. The largest absolute Gasteiger partial charge is 0.330 e. The van der Waals surface area contributed by atoms with Crippen molar-refractivity contribution >= 4 is 23.4 Å². The molecule has 0 aliphatic heterocycles. The number of nitrogens with zero attached hydrogens (tertiary/aromatic N) is 1. The van der Waals surface area contributed by atoms with Gasteiger partial charge < -0.3 is 5.73 Å². The Bertz CT molecular complexity index is 315. The maximum atomic E-state index is 6.00. The molecule has 0 aliphatic carbocycles. The summed E-state index contributed by atoms with van der Waals surface area (Å²) in [5.74, 6) is 1.00. The molecule has 1 rings (SSSR count). The van der Waals surface area contributed by atoms with E-state index in [4.69, 9.17) is 17.3 Å². The first-order valence-corrected chi connectivity index (χ1v) is 6.35. The van der Waals surface area contributed by atoms with Crippen LogP contribution in [0.3, 0.4) is 0 Å². The first-order chi connectivity index (χ1) is 7.05. The zero-order valence-corrected chi connectivity index (χ0v) is 10.7. The van der Waals surface area contributed by atoms with Crippen molar-refractivity contribution < 1.29 is 0 Å². The number of halogens is 1. The molecular weight excluding hydrogens is 228 g/mol. The average Bonchev–Trinajstić information content (AvgIpc) is 2.21. The highest BCUT2D eigenvalue weighted by Crippen LogP contribution is 2.28. The number of rotatable bonds is 5. The van der Waals surface area contributed by atoms with Crippen molar-refractivity contribution in [2.45, 2.75) is 25.3 Å². The van der Waals surface area contributed by atoms with Gasteiger partial charge in [-0.2, -0.15) is 0 Å². The SMILES string of the molecule is CC(C)(CN)CCSc1ncccc1Cl. The molecule has 0 aliphatic rings. The highest BCUT2D eigenvalue weighted by Gasteiger charge is 2.15. The lowest BCUT2D eigenvalue weighted by Gasteiger charge is -2.21. The maximum absolute atomic E-state index is 6.00. The molecule has 0 unspecified atom stereocenters. The Morgan fingerprint density at radius 3 is 2.87 bits per heavy atom. The third kappa shape index (κ3) is 4.41. The summed E-state index contributed by atoms with van der Waals surface area (Å²) in [6.45, 7) is 5.06. The van der Waals surface area contributed by atoms with Gasteiger partial charge in [0.15, 0.2) is 0 Å². The van der Waals surface area contributed by atoms with Gasteiger partial charge in [0.05, 0.1) is 5.02 Å². The molecule has 0 atom stereocenters. The highest BCUT2D eigenvalue weighted by molar-refractivity contribution is 7.99. The fraction of sp³-hybridized carbons (Fsp3) is 0.545. The van der Waals surface area contributed by atoms with Crippen LogP contribution in [0.1, 0.15) is 20.3 Å². The van der Waals surface area contributed by atoms with Crippen LogP contribution in [-0.2, 0) is 0 Å². The van der Waals surface area contributed by atoms with E-state index in [1.54, 1.807) is 18.0 Å². The Balaban J connectivity index is 2.42. The lowest BCUT2D eigenvalue weighted by atomic mass is 9.91. The van der Waals surface area contributed by atoms with Crippen LogP contribution in [0.4, 0.5) is 0 Å². The summed E-state index contributed by atoms with van der Waals surface area (Å²) in [5.41, 5.74) is 5.87. The number of thioether (sulfide) groups is 1. The van der Waals surface area contributed by atoms with Crippen LogP contribution in [-0.4, -0.2) is 17.3 Å². The fourth-order valence-corrected chi connectivity index (χ4v) is 2.48. The molecule has 2 nitrogen and oxygen atoms in total. The van der Waals surface area contributed by atoms with Crippen molar-refractivity contribution in [2.75, 3.05) is 12.3 Å². The molecule has 0 amide bonds. The van der Waals surface area contributed by atoms with Crippen molar-refractivity contribution in [1.82, 2.24) is 4.98 Å². The van der Waals surface area contributed by atoms with Gasteiger partial charge in [0, 0.05) is 11.9 Å². The van der Waals surface area contributed by atoms with Crippen molar-refractivity contribution in [3.63, 3.8) is 0 Å². The minimum Gasteiger partial charge on any atom is -0.330 e. The van der Waals surface area contributed by atoms with E-state index in [2.05, 4.69) is 18.8 Å². The Kier molecular flexibility index (Phi) is 4.90. The summed E-state index contributed by atoms with van der Waals surface area (Å²) < 4.78 is 0. The van der Waals surface area contributed by atoms with Gasteiger partial charge in [-0.25, -0.2) is 4.98 Å². The van der Waals surface area contributed by atoms with Gasteiger partial charge in [0.25, 0.3) is 0 Å². The molecule has 0 fully saturated rings. The topological polar surface area (TPSA) is 38.9 Å². The van der Waals surface area contributed by atoms with Gasteiger partial charge in [-0.3, -0.25) is 0 Å². The van der Waals surface area contributed by atoms with E-state index in [1.165, 1.54) is 0 Å². The molecule has 2 N–H and O–H groups in total. The summed E-state index contributed by atoms with van der Waals surface area (Å²) in [7, 11) is 0. The normalized spacial score (nSPS) is 11.7. The third-order valence-corrected chi connectivity index (χ3v) is 3.72. The molecule has 0 aromatic carbocycles. The molecule has 0 spiro atoms. The van der Waals surface area contributed by atoms with Gasteiger partial charge in [0.1, 0.15) is 5.03 Å². The molecule has 4 heteroatoms. The molecule has 0 saturated carbocycles. The first-order valence-electron chi connectivity index (χ1n) is 4.98. The molecule has 1 heterocycles. The van der Waals surface area contributed by atoms with Crippen molar-refractivity contribution in [1.29, 1.82) is 0 Å². The van der Waals surface area contributed by atoms with Gasteiger partial charge in [-0.15, -0.1) is 11.8 Å². The van der Waals surface area contributed by atoms with Crippen LogP contribution < -0.4 is 5.73 Å². The van der Waals surface area contributed by atoms with Crippen LogP contribution in [0.5, 0.6) is 0 Å². The van der Waals surface area contributed by atoms with Gasteiger partial charge in [-0.05, 0) is 30.5 Å². The molecule has 0 bridgehead atoms. The number of nitrogens with two attached hydrogens (primary N) is 1. The van der Waals surface area contributed by atoms with E-state index in [0.717, 1.165) is 22.2 Å². The summed E-state index contributed by atoms with van der Waals surface area (Å²) >= 11 is 7.69. The summed E-state index contributed by atoms with van der Waals surface area (Å²) in [4.78, 5) is 4.22. The number of pyridine rings is 1. The van der Waals surface area contributed by atoms with Gasteiger partial charge in [0.2, 0.25) is 0 Å². The molecule has 0 radical (unpaired) electrons.